The molecule has 1 amide bonds. The molecule has 0 saturated carbocycles. The molecule has 9 heteroatoms. The Morgan fingerprint density at radius 3 is 2.36 bits per heavy atom. The van der Waals surface area contributed by atoms with E-state index in [0.717, 1.165) is 24.3 Å². The topological polar surface area (TPSA) is 113 Å². The highest BCUT2D eigenvalue weighted by atomic mass is 32.2. The summed E-state index contributed by atoms with van der Waals surface area (Å²) in [6, 6.07) is 3.24. The largest absolute Gasteiger partial charge is 0.480 e. The molecule has 0 aromatic heterocycles. The second kappa shape index (κ2) is 7.85. The first kappa shape index (κ1) is 18.1. The number of halogens is 1. The molecule has 0 bridgehead atoms. The first-order valence-electron chi connectivity index (χ1n) is 6.53. The Bertz CT molecular complexity index is 630. The van der Waals surface area contributed by atoms with Crippen molar-refractivity contribution in [3.8, 4) is 0 Å². The molecule has 0 radical (unpaired) electrons. The number of amides is 1. The van der Waals surface area contributed by atoms with Crippen molar-refractivity contribution in [2.75, 3.05) is 6.54 Å². The third kappa shape index (κ3) is 5.41. The highest BCUT2D eigenvalue weighted by molar-refractivity contribution is 7.89. The molecule has 1 atom stereocenters. The van der Waals surface area contributed by atoms with Crippen molar-refractivity contribution in [2.45, 2.75) is 30.7 Å². The molecule has 122 valence electrons. The van der Waals surface area contributed by atoms with Crippen LogP contribution in [0.3, 0.4) is 0 Å². The lowest BCUT2D eigenvalue weighted by molar-refractivity contribution is -0.141. The molecule has 1 aromatic carbocycles. The number of carbonyl (C=O) groups excluding carboxylic acids is 1. The molecule has 0 heterocycles. The van der Waals surface area contributed by atoms with Gasteiger partial charge in [-0.1, -0.05) is 6.92 Å². The van der Waals surface area contributed by atoms with E-state index >= 15 is 0 Å². The molecular formula is C13H17FN2O5S. The van der Waals surface area contributed by atoms with Crippen LogP contribution in [0.25, 0.3) is 0 Å². The summed E-state index contributed by atoms with van der Waals surface area (Å²) in [5.41, 5.74) is 0. The average molecular weight is 332 g/mol. The first-order valence-corrected chi connectivity index (χ1v) is 8.02. The third-order valence-corrected chi connectivity index (χ3v) is 4.29. The van der Waals surface area contributed by atoms with Crippen LogP contribution in [-0.4, -0.2) is 38.0 Å². The molecule has 7 nitrogen and oxygen atoms in total. The van der Waals surface area contributed by atoms with Gasteiger partial charge in [0.25, 0.3) is 0 Å². The van der Waals surface area contributed by atoms with E-state index in [2.05, 4.69) is 10.0 Å². The highest BCUT2D eigenvalue weighted by Gasteiger charge is 2.18. The van der Waals surface area contributed by atoms with Crippen LogP contribution in [0.4, 0.5) is 4.39 Å². The normalized spacial score (nSPS) is 12.6. The van der Waals surface area contributed by atoms with Crippen LogP contribution in [0.15, 0.2) is 29.2 Å². The Morgan fingerprint density at radius 1 is 1.27 bits per heavy atom. The number of carbonyl (C=O) groups is 2. The van der Waals surface area contributed by atoms with Gasteiger partial charge in [0.1, 0.15) is 11.9 Å². The fourth-order valence-corrected chi connectivity index (χ4v) is 2.63. The number of carboxylic acids is 1. The van der Waals surface area contributed by atoms with Crippen LogP contribution in [0.2, 0.25) is 0 Å². The zero-order valence-electron chi connectivity index (χ0n) is 11.9. The van der Waals surface area contributed by atoms with Crippen LogP contribution in [0.5, 0.6) is 0 Å². The van der Waals surface area contributed by atoms with E-state index in [4.69, 9.17) is 5.11 Å². The van der Waals surface area contributed by atoms with E-state index in [0.29, 0.717) is 0 Å². The van der Waals surface area contributed by atoms with Crippen molar-refractivity contribution in [3.63, 3.8) is 0 Å². The zero-order valence-corrected chi connectivity index (χ0v) is 12.7. The number of carboxylic acid groups (broad SMARTS) is 1. The number of rotatable bonds is 8. The Balaban J connectivity index is 2.51. The van der Waals surface area contributed by atoms with Gasteiger partial charge in [0.15, 0.2) is 0 Å². The highest BCUT2D eigenvalue weighted by Crippen LogP contribution is 2.09. The SMILES string of the molecule is CCC(NC(=O)CCNS(=O)(=O)c1ccc(F)cc1)C(=O)O. The van der Waals surface area contributed by atoms with Crippen LogP contribution in [0.1, 0.15) is 19.8 Å². The molecule has 0 saturated heterocycles. The molecule has 0 spiro atoms. The lowest BCUT2D eigenvalue weighted by Crippen LogP contribution is -2.41. The number of nitrogens with one attached hydrogen (secondary N) is 2. The molecule has 1 rings (SSSR count). The van der Waals surface area contributed by atoms with Gasteiger partial charge < -0.3 is 10.4 Å². The Labute approximate surface area is 127 Å². The van der Waals surface area contributed by atoms with E-state index in [1.165, 1.54) is 0 Å². The summed E-state index contributed by atoms with van der Waals surface area (Å²) in [6.45, 7) is 1.41. The van der Waals surface area contributed by atoms with E-state index in [1.54, 1.807) is 6.92 Å². The predicted octanol–water partition coefficient (Wildman–Crippen LogP) is 0.473. The quantitative estimate of drug-likeness (QED) is 0.641. The number of benzene rings is 1. The summed E-state index contributed by atoms with van der Waals surface area (Å²) < 4.78 is 38.6. The predicted molar refractivity (Wildman–Crippen MR) is 76.1 cm³/mol. The lowest BCUT2D eigenvalue weighted by Gasteiger charge is -2.12. The smallest absolute Gasteiger partial charge is 0.326 e. The van der Waals surface area contributed by atoms with Crippen LogP contribution < -0.4 is 10.0 Å². The van der Waals surface area contributed by atoms with E-state index < -0.39 is 33.8 Å². The van der Waals surface area contributed by atoms with Crippen molar-refractivity contribution in [2.24, 2.45) is 0 Å². The van der Waals surface area contributed by atoms with E-state index in [-0.39, 0.29) is 24.3 Å². The van der Waals surface area contributed by atoms with Crippen molar-refractivity contribution >= 4 is 21.9 Å². The summed E-state index contributed by atoms with van der Waals surface area (Å²) >= 11 is 0. The maximum atomic E-state index is 12.7. The minimum Gasteiger partial charge on any atom is -0.480 e. The van der Waals surface area contributed by atoms with Crippen molar-refractivity contribution < 1.29 is 27.5 Å². The maximum absolute atomic E-state index is 12.7. The maximum Gasteiger partial charge on any atom is 0.326 e. The van der Waals surface area contributed by atoms with Gasteiger partial charge in [-0.05, 0) is 30.7 Å². The molecule has 22 heavy (non-hydrogen) atoms. The van der Waals surface area contributed by atoms with E-state index in [1.807, 2.05) is 0 Å². The van der Waals surface area contributed by atoms with Gasteiger partial charge in [-0.2, -0.15) is 0 Å². The van der Waals surface area contributed by atoms with Gasteiger partial charge in [-0.25, -0.2) is 22.3 Å². The molecule has 1 aromatic rings. The molecular weight excluding hydrogens is 315 g/mol. The molecule has 1 unspecified atom stereocenters. The first-order chi connectivity index (χ1) is 10.3. The van der Waals surface area contributed by atoms with Gasteiger partial charge in [0.05, 0.1) is 4.90 Å². The summed E-state index contributed by atoms with van der Waals surface area (Å²) in [4.78, 5) is 22.2. The fraction of sp³-hybridized carbons (Fsp3) is 0.385. The molecule has 0 fully saturated rings. The number of sulfonamides is 1. The standard InChI is InChI=1S/C13H17FN2O5S/c1-2-11(13(18)19)16-12(17)7-8-15-22(20,21)10-5-3-9(14)4-6-10/h3-6,11,15H,2,7-8H2,1H3,(H,16,17)(H,18,19). The lowest BCUT2D eigenvalue weighted by atomic mass is 10.2. The van der Waals surface area contributed by atoms with E-state index in [9.17, 15) is 22.4 Å². The van der Waals surface area contributed by atoms with Gasteiger partial charge >= 0.3 is 5.97 Å². The van der Waals surface area contributed by atoms with Crippen LogP contribution in [-0.2, 0) is 19.6 Å². The van der Waals surface area contributed by atoms with Crippen molar-refractivity contribution in [3.05, 3.63) is 30.1 Å². The van der Waals surface area contributed by atoms with Gasteiger partial charge in [0, 0.05) is 13.0 Å². The average Bonchev–Trinajstić information content (AvgIpc) is 2.44. The Kier molecular flexibility index (Phi) is 6.44. The summed E-state index contributed by atoms with van der Waals surface area (Å²) in [6.07, 6.45) is 0.0204. The number of aliphatic carboxylic acids is 1. The molecule has 0 aliphatic heterocycles. The van der Waals surface area contributed by atoms with Crippen molar-refractivity contribution in [1.29, 1.82) is 0 Å². The molecule has 3 N–H and O–H groups in total. The van der Waals surface area contributed by atoms with Gasteiger partial charge in [-0.15, -0.1) is 0 Å². The van der Waals surface area contributed by atoms with Crippen molar-refractivity contribution in [1.82, 2.24) is 10.0 Å². The Morgan fingerprint density at radius 2 is 1.86 bits per heavy atom. The molecule has 0 aliphatic carbocycles. The summed E-state index contributed by atoms with van der Waals surface area (Å²) in [5.74, 6) is -2.28. The molecule has 0 aliphatic rings. The number of hydrogen-bond acceptors (Lipinski definition) is 4. The summed E-state index contributed by atoms with van der Waals surface area (Å²) in [7, 11) is -3.84. The van der Waals surface area contributed by atoms with Crippen LogP contribution >= 0.6 is 0 Å². The van der Waals surface area contributed by atoms with Gasteiger partial charge in [0.2, 0.25) is 15.9 Å². The minimum atomic E-state index is -3.84. The monoisotopic (exact) mass is 332 g/mol. The third-order valence-electron chi connectivity index (χ3n) is 2.81. The second-order valence-electron chi connectivity index (χ2n) is 4.47. The fourth-order valence-electron chi connectivity index (χ4n) is 1.60. The van der Waals surface area contributed by atoms with Crippen LogP contribution in [0, 0.1) is 5.82 Å². The minimum absolute atomic E-state index is 0.119. The number of hydrogen-bond donors (Lipinski definition) is 3. The zero-order chi connectivity index (χ0) is 16.8. The van der Waals surface area contributed by atoms with Gasteiger partial charge in [-0.3, -0.25) is 4.79 Å². The summed E-state index contributed by atoms with van der Waals surface area (Å²) in [5, 5.41) is 11.1. The second-order valence-corrected chi connectivity index (χ2v) is 6.24. The Hall–Kier alpha value is -2.00.